The van der Waals surface area contributed by atoms with Crippen LogP contribution in [-0.4, -0.2) is 36.1 Å². The first-order chi connectivity index (χ1) is 8.25. The van der Waals surface area contributed by atoms with Crippen LogP contribution in [0.5, 0.6) is 0 Å². The maximum Gasteiger partial charge on any atom is 0.0897 e. The highest BCUT2D eigenvalue weighted by atomic mass is 32.1. The Bertz CT molecular complexity index is 331. The average Bonchev–Trinajstić information content (AvgIpc) is 2.95. The lowest BCUT2D eigenvalue weighted by atomic mass is 10.2. The van der Waals surface area contributed by atoms with Crippen molar-refractivity contribution in [3.05, 3.63) is 16.1 Å². The smallest absolute Gasteiger partial charge is 0.0897 e. The van der Waals surface area contributed by atoms with Gasteiger partial charge in [0.1, 0.15) is 0 Å². The molecule has 1 N–H and O–H groups in total. The van der Waals surface area contributed by atoms with Crippen LogP contribution in [0.3, 0.4) is 0 Å². The third-order valence-electron chi connectivity index (χ3n) is 3.56. The summed E-state index contributed by atoms with van der Waals surface area (Å²) in [5, 5.41) is 4.66. The first-order valence-electron chi connectivity index (χ1n) is 6.58. The van der Waals surface area contributed by atoms with Crippen molar-refractivity contribution in [2.75, 3.05) is 20.1 Å². The third-order valence-corrected chi connectivity index (χ3v) is 4.47. The van der Waals surface area contributed by atoms with Gasteiger partial charge < -0.3 is 10.2 Å². The first-order valence-corrected chi connectivity index (χ1v) is 7.39. The maximum absolute atomic E-state index is 4.26. The van der Waals surface area contributed by atoms with E-state index in [4.69, 9.17) is 0 Å². The molecular weight excluding hydrogens is 230 g/mol. The summed E-state index contributed by atoms with van der Waals surface area (Å²) in [6.45, 7) is 5.25. The van der Waals surface area contributed by atoms with E-state index >= 15 is 0 Å². The molecule has 17 heavy (non-hydrogen) atoms. The Kier molecular flexibility index (Phi) is 4.95. The van der Waals surface area contributed by atoms with E-state index in [0.29, 0.717) is 0 Å². The summed E-state index contributed by atoms with van der Waals surface area (Å²) in [5.41, 5.74) is 0. The summed E-state index contributed by atoms with van der Waals surface area (Å²) in [6, 6.07) is 0.836. The summed E-state index contributed by atoms with van der Waals surface area (Å²) < 4.78 is 0. The Labute approximate surface area is 108 Å². The highest BCUT2D eigenvalue weighted by Gasteiger charge is 2.18. The van der Waals surface area contributed by atoms with Gasteiger partial charge in [-0.2, -0.15) is 0 Å². The van der Waals surface area contributed by atoms with Crippen LogP contribution in [0, 0.1) is 6.92 Å². The van der Waals surface area contributed by atoms with Crippen molar-refractivity contribution in [1.29, 1.82) is 0 Å². The quantitative estimate of drug-likeness (QED) is 0.789. The van der Waals surface area contributed by atoms with E-state index in [1.165, 1.54) is 30.6 Å². The van der Waals surface area contributed by atoms with Crippen molar-refractivity contribution in [3.8, 4) is 0 Å². The van der Waals surface area contributed by atoms with Gasteiger partial charge in [0.05, 0.1) is 5.01 Å². The number of nitrogens with zero attached hydrogens (tertiary/aromatic N) is 2. The van der Waals surface area contributed by atoms with E-state index in [9.17, 15) is 0 Å². The monoisotopic (exact) mass is 253 g/mol. The van der Waals surface area contributed by atoms with Crippen molar-refractivity contribution in [2.45, 2.75) is 45.2 Å². The second-order valence-corrected chi connectivity index (χ2v) is 6.26. The molecule has 0 atom stereocenters. The van der Waals surface area contributed by atoms with Gasteiger partial charge >= 0.3 is 0 Å². The number of thiazole rings is 1. The fraction of sp³-hybridized carbons (Fsp3) is 0.769. The standard InChI is InChI=1S/C13H23N3S/c1-11-15-10-13(17-11)9-14-7-8-16(2)12-5-3-4-6-12/h10,12,14H,3-9H2,1-2H3. The topological polar surface area (TPSA) is 28.2 Å². The maximum atomic E-state index is 4.26. The summed E-state index contributed by atoms with van der Waals surface area (Å²) in [6.07, 6.45) is 7.61. The van der Waals surface area contributed by atoms with Crippen LogP contribution < -0.4 is 5.32 Å². The van der Waals surface area contributed by atoms with E-state index in [2.05, 4.69) is 29.2 Å². The minimum atomic E-state index is 0.836. The van der Waals surface area contributed by atoms with Crippen LogP contribution in [0.25, 0.3) is 0 Å². The molecule has 1 aliphatic carbocycles. The van der Waals surface area contributed by atoms with Crippen molar-refractivity contribution in [1.82, 2.24) is 15.2 Å². The third kappa shape index (κ3) is 4.05. The number of aryl methyl sites for hydroxylation is 1. The van der Waals surface area contributed by atoms with Crippen LogP contribution >= 0.6 is 11.3 Å². The second-order valence-electron chi connectivity index (χ2n) is 4.94. The number of likely N-dealkylation sites (N-methyl/N-ethyl adjacent to an activating group) is 1. The molecule has 0 spiro atoms. The van der Waals surface area contributed by atoms with Crippen LogP contribution in [0.1, 0.15) is 35.6 Å². The Morgan fingerprint density at radius 1 is 1.47 bits per heavy atom. The van der Waals surface area contributed by atoms with E-state index in [0.717, 1.165) is 30.7 Å². The molecule has 0 amide bonds. The van der Waals surface area contributed by atoms with Gasteiger partial charge in [0.15, 0.2) is 0 Å². The lowest BCUT2D eigenvalue weighted by Crippen LogP contribution is -2.35. The molecule has 0 radical (unpaired) electrons. The van der Waals surface area contributed by atoms with E-state index < -0.39 is 0 Å². The lowest BCUT2D eigenvalue weighted by Gasteiger charge is -2.23. The zero-order chi connectivity index (χ0) is 12.1. The molecule has 4 heteroatoms. The summed E-state index contributed by atoms with van der Waals surface area (Å²) >= 11 is 1.78. The molecule has 1 saturated carbocycles. The van der Waals surface area contributed by atoms with Crippen LogP contribution in [0.15, 0.2) is 6.20 Å². The molecule has 0 aromatic carbocycles. The Morgan fingerprint density at radius 2 is 2.24 bits per heavy atom. The summed E-state index contributed by atoms with van der Waals surface area (Å²) in [4.78, 5) is 8.11. The number of rotatable bonds is 6. The molecular formula is C13H23N3S. The van der Waals surface area contributed by atoms with Crippen molar-refractivity contribution >= 4 is 11.3 Å². The van der Waals surface area contributed by atoms with Gasteiger partial charge in [0, 0.05) is 36.8 Å². The Morgan fingerprint density at radius 3 is 2.88 bits per heavy atom. The molecule has 0 aliphatic heterocycles. The zero-order valence-electron chi connectivity index (χ0n) is 10.9. The van der Waals surface area contributed by atoms with Crippen LogP contribution in [0.4, 0.5) is 0 Å². The van der Waals surface area contributed by atoms with E-state index in [1.807, 2.05) is 6.20 Å². The predicted molar refractivity (Wildman–Crippen MR) is 73.4 cm³/mol. The number of aromatic nitrogens is 1. The number of hydrogen-bond acceptors (Lipinski definition) is 4. The van der Waals surface area contributed by atoms with Gasteiger partial charge in [-0.05, 0) is 26.8 Å². The van der Waals surface area contributed by atoms with Gasteiger partial charge in [-0.15, -0.1) is 11.3 Å². The molecule has 1 aromatic rings. The molecule has 2 rings (SSSR count). The molecule has 0 unspecified atom stereocenters. The molecule has 1 fully saturated rings. The minimum absolute atomic E-state index is 0.836. The summed E-state index contributed by atoms with van der Waals surface area (Å²) in [5.74, 6) is 0. The van der Waals surface area contributed by atoms with Crippen LogP contribution in [0.2, 0.25) is 0 Å². The number of nitrogens with one attached hydrogen (secondary N) is 1. The molecule has 96 valence electrons. The normalized spacial score (nSPS) is 17.1. The summed E-state index contributed by atoms with van der Waals surface area (Å²) in [7, 11) is 2.26. The fourth-order valence-corrected chi connectivity index (χ4v) is 3.25. The van der Waals surface area contributed by atoms with Gasteiger partial charge in [0.25, 0.3) is 0 Å². The van der Waals surface area contributed by atoms with Crippen molar-refractivity contribution in [2.24, 2.45) is 0 Å². The zero-order valence-corrected chi connectivity index (χ0v) is 11.7. The fourth-order valence-electron chi connectivity index (χ4n) is 2.48. The Balaban J connectivity index is 1.59. The van der Waals surface area contributed by atoms with Crippen molar-refractivity contribution < 1.29 is 0 Å². The highest BCUT2D eigenvalue weighted by molar-refractivity contribution is 7.11. The van der Waals surface area contributed by atoms with Gasteiger partial charge in [-0.3, -0.25) is 0 Å². The second kappa shape index (κ2) is 6.47. The van der Waals surface area contributed by atoms with E-state index in [-0.39, 0.29) is 0 Å². The van der Waals surface area contributed by atoms with E-state index in [1.54, 1.807) is 11.3 Å². The first kappa shape index (κ1) is 13.0. The lowest BCUT2D eigenvalue weighted by molar-refractivity contribution is 0.245. The van der Waals surface area contributed by atoms with Crippen molar-refractivity contribution in [3.63, 3.8) is 0 Å². The molecule has 1 aliphatic rings. The highest BCUT2D eigenvalue weighted by Crippen LogP contribution is 2.21. The van der Waals surface area contributed by atoms with Gasteiger partial charge in [0.2, 0.25) is 0 Å². The van der Waals surface area contributed by atoms with Crippen LogP contribution in [-0.2, 0) is 6.54 Å². The van der Waals surface area contributed by atoms with Gasteiger partial charge in [-0.25, -0.2) is 4.98 Å². The minimum Gasteiger partial charge on any atom is -0.311 e. The van der Waals surface area contributed by atoms with Gasteiger partial charge in [-0.1, -0.05) is 12.8 Å². The largest absolute Gasteiger partial charge is 0.311 e. The number of hydrogen-bond donors (Lipinski definition) is 1. The molecule has 3 nitrogen and oxygen atoms in total. The average molecular weight is 253 g/mol. The molecule has 1 heterocycles. The molecule has 1 aromatic heterocycles. The SMILES string of the molecule is Cc1ncc(CNCCN(C)C2CCCC2)s1. The molecule has 0 saturated heterocycles. The molecule has 0 bridgehead atoms. The predicted octanol–water partition coefficient (Wildman–Crippen LogP) is 2.42. The Hall–Kier alpha value is -0.450.